The zero-order valence-electron chi connectivity index (χ0n) is 10.9. The molecule has 0 spiro atoms. The Balaban J connectivity index is 2.56. The zero-order chi connectivity index (χ0) is 13.5. The van der Waals surface area contributed by atoms with E-state index in [4.69, 9.17) is 21.1 Å². The SMILES string of the molecule is COCC(CNC(C)c1ccc(Br)cc1Cl)OC. The molecule has 0 heterocycles. The second kappa shape index (κ2) is 8.12. The highest BCUT2D eigenvalue weighted by Crippen LogP contribution is 2.26. The standard InChI is InChI=1S/C13H19BrClNO2/c1-9(16-7-11(18-3)8-17-2)12-5-4-10(14)6-13(12)15/h4-6,9,11,16H,7-8H2,1-3H3. The van der Waals surface area contributed by atoms with Crippen molar-refractivity contribution in [3.63, 3.8) is 0 Å². The lowest BCUT2D eigenvalue weighted by Gasteiger charge is -2.20. The minimum atomic E-state index is 0.0478. The van der Waals surface area contributed by atoms with Crippen LogP contribution in [0.1, 0.15) is 18.5 Å². The molecule has 0 bridgehead atoms. The van der Waals surface area contributed by atoms with Gasteiger partial charge in [-0.05, 0) is 24.6 Å². The molecule has 1 aromatic carbocycles. The van der Waals surface area contributed by atoms with Gasteiger partial charge in [-0.25, -0.2) is 0 Å². The molecule has 0 fully saturated rings. The normalized spacial score (nSPS) is 14.5. The summed E-state index contributed by atoms with van der Waals surface area (Å²) in [6.45, 7) is 3.37. The van der Waals surface area contributed by atoms with E-state index in [2.05, 4.69) is 28.2 Å². The molecule has 1 N–H and O–H groups in total. The Hall–Kier alpha value is -0.130. The fourth-order valence-corrected chi connectivity index (χ4v) is 2.50. The zero-order valence-corrected chi connectivity index (χ0v) is 13.2. The topological polar surface area (TPSA) is 30.5 Å². The van der Waals surface area contributed by atoms with Crippen LogP contribution in [0.4, 0.5) is 0 Å². The Kier molecular flexibility index (Phi) is 7.19. The number of methoxy groups -OCH3 is 2. The number of nitrogens with one attached hydrogen (secondary N) is 1. The first-order chi connectivity index (χ1) is 8.58. The van der Waals surface area contributed by atoms with Crippen molar-refractivity contribution in [2.75, 3.05) is 27.4 Å². The molecule has 102 valence electrons. The molecular formula is C13H19BrClNO2. The number of hydrogen-bond donors (Lipinski definition) is 1. The van der Waals surface area contributed by atoms with Gasteiger partial charge in [-0.3, -0.25) is 0 Å². The van der Waals surface area contributed by atoms with Crippen LogP contribution in [0.25, 0.3) is 0 Å². The van der Waals surface area contributed by atoms with Crippen LogP contribution in [0.2, 0.25) is 5.02 Å². The molecule has 0 saturated heterocycles. The van der Waals surface area contributed by atoms with E-state index in [0.29, 0.717) is 6.61 Å². The van der Waals surface area contributed by atoms with Gasteiger partial charge >= 0.3 is 0 Å². The predicted octanol–water partition coefficient (Wildman–Crippen LogP) is 3.41. The maximum atomic E-state index is 6.21. The van der Waals surface area contributed by atoms with Crippen molar-refractivity contribution in [2.24, 2.45) is 0 Å². The molecule has 0 saturated carbocycles. The highest BCUT2D eigenvalue weighted by molar-refractivity contribution is 9.10. The van der Waals surface area contributed by atoms with Crippen LogP contribution in [-0.2, 0) is 9.47 Å². The molecule has 0 aromatic heterocycles. The van der Waals surface area contributed by atoms with Crippen LogP contribution in [0.15, 0.2) is 22.7 Å². The molecule has 0 radical (unpaired) electrons. The van der Waals surface area contributed by atoms with Crippen LogP contribution < -0.4 is 5.32 Å². The van der Waals surface area contributed by atoms with E-state index in [9.17, 15) is 0 Å². The Labute approximate surface area is 122 Å². The minimum Gasteiger partial charge on any atom is -0.382 e. The van der Waals surface area contributed by atoms with E-state index in [0.717, 1.165) is 21.6 Å². The summed E-state index contributed by atoms with van der Waals surface area (Å²) in [6, 6.07) is 6.07. The number of benzene rings is 1. The van der Waals surface area contributed by atoms with E-state index in [1.807, 2.05) is 18.2 Å². The maximum absolute atomic E-state index is 6.21. The van der Waals surface area contributed by atoms with Crippen molar-refractivity contribution in [3.05, 3.63) is 33.3 Å². The Bertz CT molecular complexity index is 376. The first kappa shape index (κ1) is 15.9. The third-order valence-electron chi connectivity index (χ3n) is 2.77. The van der Waals surface area contributed by atoms with E-state index in [1.54, 1.807) is 14.2 Å². The highest BCUT2D eigenvalue weighted by Gasteiger charge is 2.12. The first-order valence-electron chi connectivity index (χ1n) is 5.78. The maximum Gasteiger partial charge on any atom is 0.0928 e. The Morgan fingerprint density at radius 1 is 1.39 bits per heavy atom. The summed E-state index contributed by atoms with van der Waals surface area (Å²) in [5, 5.41) is 4.14. The van der Waals surface area contributed by atoms with Crippen molar-refractivity contribution in [3.8, 4) is 0 Å². The number of halogens is 2. The molecule has 0 amide bonds. The predicted molar refractivity (Wildman–Crippen MR) is 78.2 cm³/mol. The molecule has 18 heavy (non-hydrogen) atoms. The molecule has 0 aliphatic carbocycles. The second-order valence-electron chi connectivity index (χ2n) is 4.11. The van der Waals surface area contributed by atoms with Crippen LogP contribution in [-0.4, -0.2) is 33.5 Å². The molecule has 0 aliphatic rings. The Morgan fingerprint density at radius 2 is 2.11 bits per heavy atom. The summed E-state index contributed by atoms with van der Waals surface area (Å²) in [4.78, 5) is 0. The lowest BCUT2D eigenvalue weighted by Crippen LogP contribution is -2.33. The van der Waals surface area contributed by atoms with Crippen LogP contribution in [0, 0.1) is 0 Å². The van der Waals surface area contributed by atoms with Gasteiger partial charge in [0.05, 0.1) is 12.7 Å². The monoisotopic (exact) mass is 335 g/mol. The van der Waals surface area contributed by atoms with Gasteiger partial charge in [0.2, 0.25) is 0 Å². The van der Waals surface area contributed by atoms with Crippen LogP contribution >= 0.6 is 27.5 Å². The molecule has 1 rings (SSSR count). The molecule has 2 atom stereocenters. The average Bonchev–Trinajstić information content (AvgIpc) is 2.34. The number of ether oxygens (including phenoxy) is 2. The lowest BCUT2D eigenvalue weighted by molar-refractivity contribution is 0.0276. The van der Waals surface area contributed by atoms with Crippen molar-refractivity contribution in [2.45, 2.75) is 19.1 Å². The smallest absolute Gasteiger partial charge is 0.0928 e. The van der Waals surface area contributed by atoms with Crippen LogP contribution in [0.3, 0.4) is 0 Å². The molecule has 1 aromatic rings. The van der Waals surface area contributed by atoms with E-state index >= 15 is 0 Å². The van der Waals surface area contributed by atoms with Gasteiger partial charge in [0.25, 0.3) is 0 Å². The fraction of sp³-hybridized carbons (Fsp3) is 0.538. The van der Waals surface area contributed by atoms with Crippen molar-refractivity contribution in [1.29, 1.82) is 0 Å². The van der Waals surface area contributed by atoms with Crippen molar-refractivity contribution < 1.29 is 9.47 Å². The van der Waals surface area contributed by atoms with Gasteiger partial charge in [0.15, 0.2) is 0 Å². The third kappa shape index (κ3) is 4.86. The Morgan fingerprint density at radius 3 is 2.67 bits per heavy atom. The van der Waals surface area contributed by atoms with Crippen LogP contribution in [0.5, 0.6) is 0 Å². The summed E-state index contributed by atoms with van der Waals surface area (Å²) < 4.78 is 11.4. The first-order valence-corrected chi connectivity index (χ1v) is 6.95. The minimum absolute atomic E-state index is 0.0478. The molecule has 0 aliphatic heterocycles. The van der Waals surface area contributed by atoms with Crippen molar-refractivity contribution in [1.82, 2.24) is 5.32 Å². The quantitative estimate of drug-likeness (QED) is 0.827. The van der Waals surface area contributed by atoms with Gasteiger partial charge in [-0.2, -0.15) is 0 Å². The van der Waals surface area contributed by atoms with Gasteiger partial charge in [-0.15, -0.1) is 0 Å². The highest BCUT2D eigenvalue weighted by atomic mass is 79.9. The second-order valence-corrected chi connectivity index (χ2v) is 5.43. The molecule has 3 nitrogen and oxygen atoms in total. The molecular weight excluding hydrogens is 318 g/mol. The van der Waals surface area contributed by atoms with E-state index in [-0.39, 0.29) is 12.1 Å². The summed E-state index contributed by atoms with van der Waals surface area (Å²) in [5.41, 5.74) is 1.08. The summed E-state index contributed by atoms with van der Waals surface area (Å²) >= 11 is 9.61. The molecule has 5 heteroatoms. The van der Waals surface area contributed by atoms with E-state index < -0.39 is 0 Å². The van der Waals surface area contributed by atoms with Crippen molar-refractivity contribution >= 4 is 27.5 Å². The lowest BCUT2D eigenvalue weighted by atomic mass is 10.1. The summed E-state index contributed by atoms with van der Waals surface area (Å²) in [6.07, 6.45) is 0.0478. The van der Waals surface area contributed by atoms with Gasteiger partial charge in [0.1, 0.15) is 0 Å². The molecule has 2 unspecified atom stereocenters. The largest absolute Gasteiger partial charge is 0.382 e. The van der Waals surface area contributed by atoms with Gasteiger partial charge < -0.3 is 14.8 Å². The summed E-state index contributed by atoms with van der Waals surface area (Å²) in [7, 11) is 3.35. The number of hydrogen-bond acceptors (Lipinski definition) is 3. The number of rotatable bonds is 7. The van der Waals surface area contributed by atoms with Gasteiger partial charge in [0, 0.05) is 36.3 Å². The summed E-state index contributed by atoms with van der Waals surface area (Å²) in [5.74, 6) is 0. The fourth-order valence-electron chi connectivity index (χ4n) is 1.67. The van der Waals surface area contributed by atoms with E-state index in [1.165, 1.54) is 0 Å². The average molecular weight is 337 g/mol. The third-order valence-corrected chi connectivity index (χ3v) is 3.59. The van der Waals surface area contributed by atoms with Gasteiger partial charge in [-0.1, -0.05) is 33.6 Å².